The quantitative estimate of drug-likeness (QED) is 0.610. The monoisotopic (exact) mass is 245 g/mol. The Labute approximate surface area is 102 Å². The van der Waals surface area contributed by atoms with Crippen LogP contribution in [0.3, 0.4) is 0 Å². The summed E-state index contributed by atoms with van der Waals surface area (Å²) in [5.74, 6) is 0. The summed E-state index contributed by atoms with van der Waals surface area (Å²) >= 11 is 7.80. The van der Waals surface area contributed by atoms with Gasteiger partial charge < -0.3 is 0 Å². The molecule has 1 nitrogen and oxygen atoms in total. The van der Waals surface area contributed by atoms with Gasteiger partial charge in [-0.3, -0.25) is 4.98 Å². The lowest BCUT2D eigenvalue weighted by atomic mass is 10.1. The number of thiophene rings is 1. The van der Waals surface area contributed by atoms with Crippen LogP contribution in [0, 0.1) is 0 Å². The number of hydrogen-bond acceptors (Lipinski definition) is 2. The van der Waals surface area contributed by atoms with Crippen molar-refractivity contribution in [2.75, 3.05) is 0 Å². The van der Waals surface area contributed by atoms with E-state index in [0.717, 1.165) is 20.8 Å². The fourth-order valence-corrected chi connectivity index (χ4v) is 2.97. The van der Waals surface area contributed by atoms with Gasteiger partial charge in [-0.05, 0) is 16.8 Å². The molecule has 0 aliphatic carbocycles. The Morgan fingerprint density at radius 1 is 1.06 bits per heavy atom. The van der Waals surface area contributed by atoms with Crippen LogP contribution >= 0.6 is 22.9 Å². The molecule has 0 aliphatic heterocycles. The Balaban J connectivity index is 2.36. The average Bonchev–Trinajstić information content (AvgIpc) is 2.75. The zero-order valence-electron chi connectivity index (χ0n) is 8.35. The Hall–Kier alpha value is -1.38. The summed E-state index contributed by atoms with van der Waals surface area (Å²) in [6.07, 6.45) is 3.75. The number of nitrogens with zero attached hydrogens (tertiary/aromatic N) is 1. The van der Waals surface area contributed by atoms with Crippen molar-refractivity contribution < 1.29 is 0 Å². The molecule has 1 aromatic carbocycles. The Bertz CT molecular complexity index is 640. The molecule has 2 heterocycles. The highest BCUT2D eigenvalue weighted by Gasteiger charge is 2.08. The highest BCUT2D eigenvalue weighted by atomic mass is 35.5. The Kier molecular flexibility index (Phi) is 2.39. The summed E-state index contributed by atoms with van der Waals surface area (Å²) in [7, 11) is 0. The maximum Gasteiger partial charge on any atom is 0.0593 e. The standard InChI is InChI=1S/C13H8ClNS/c14-12-5-6-16-13(12)11-8-15-7-9-3-1-2-4-10(9)11/h1-8H. The van der Waals surface area contributed by atoms with Crippen LogP contribution in [0.25, 0.3) is 21.2 Å². The van der Waals surface area contributed by atoms with Crippen molar-refractivity contribution in [3.05, 3.63) is 53.1 Å². The van der Waals surface area contributed by atoms with Crippen LogP contribution < -0.4 is 0 Å². The maximum absolute atomic E-state index is 6.16. The topological polar surface area (TPSA) is 12.9 Å². The highest BCUT2D eigenvalue weighted by Crippen LogP contribution is 2.36. The molecule has 0 radical (unpaired) electrons. The smallest absolute Gasteiger partial charge is 0.0593 e. The SMILES string of the molecule is Clc1ccsc1-c1cncc2ccccc12. The van der Waals surface area contributed by atoms with E-state index in [9.17, 15) is 0 Å². The number of fused-ring (bicyclic) bond motifs is 1. The molecular formula is C13H8ClNS. The minimum atomic E-state index is 0.795. The zero-order chi connectivity index (χ0) is 11.0. The van der Waals surface area contributed by atoms with Gasteiger partial charge >= 0.3 is 0 Å². The van der Waals surface area contributed by atoms with Gasteiger partial charge in [-0.15, -0.1) is 11.3 Å². The van der Waals surface area contributed by atoms with E-state index in [4.69, 9.17) is 11.6 Å². The predicted molar refractivity (Wildman–Crippen MR) is 70.1 cm³/mol. The molecule has 0 saturated heterocycles. The first-order valence-corrected chi connectivity index (χ1v) is 6.18. The second kappa shape index (κ2) is 3.89. The van der Waals surface area contributed by atoms with Crippen molar-refractivity contribution in [1.29, 1.82) is 0 Å². The molecule has 0 amide bonds. The lowest BCUT2D eigenvalue weighted by Gasteiger charge is -2.03. The third-order valence-electron chi connectivity index (χ3n) is 2.53. The van der Waals surface area contributed by atoms with E-state index in [1.54, 1.807) is 11.3 Å². The van der Waals surface area contributed by atoms with E-state index in [2.05, 4.69) is 17.1 Å². The minimum Gasteiger partial charge on any atom is -0.263 e. The van der Waals surface area contributed by atoms with E-state index >= 15 is 0 Å². The van der Waals surface area contributed by atoms with E-state index < -0.39 is 0 Å². The molecule has 78 valence electrons. The van der Waals surface area contributed by atoms with Gasteiger partial charge in [0.2, 0.25) is 0 Å². The molecule has 0 bridgehead atoms. The molecular weight excluding hydrogens is 238 g/mol. The number of halogens is 1. The first-order chi connectivity index (χ1) is 7.86. The number of aromatic nitrogens is 1. The Morgan fingerprint density at radius 2 is 1.94 bits per heavy atom. The number of hydrogen-bond donors (Lipinski definition) is 0. The molecule has 3 heteroatoms. The summed E-state index contributed by atoms with van der Waals surface area (Å²) < 4.78 is 0. The van der Waals surface area contributed by atoms with E-state index in [1.165, 1.54) is 5.39 Å². The summed E-state index contributed by atoms with van der Waals surface area (Å²) in [6, 6.07) is 10.1. The first kappa shape index (κ1) is 9.82. The van der Waals surface area contributed by atoms with Gasteiger partial charge in [-0.25, -0.2) is 0 Å². The van der Waals surface area contributed by atoms with E-state index in [-0.39, 0.29) is 0 Å². The summed E-state index contributed by atoms with van der Waals surface area (Å²) in [5.41, 5.74) is 1.11. The highest BCUT2D eigenvalue weighted by molar-refractivity contribution is 7.14. The summed E-state index contributed by atoms with van der Waals surface area (Å²) in [4.78, 5) is 5.35. The molecule has 0 N–H and O–H groups in total. The molecule has 0 saturated carbocycles. The van der Waals surface area contributed by atoms with Crippen molar-refractivity contribution >= 4 is 33.7 Å². The van der Waals surface area contributed by atoms with Gasteiger partial charge in [0.15, 0.2) is 0 Å². The largest absolute Gasteiger partial charge is 0.263 e. The van der Waals surface area contributed by atoms with Crippen molar-refractivity contribution in [1.82, 2.24) is 4.98 Å². The first-order valence-electron chi connectivity index (χ1n) is 4.92. The molecule has 3 rings (SSSR count). The maximum atomic E-state index is 6.16. The zero-order valence-corrected chi connectivity index (χ0v) is 9.92. The minimum absolute atomic E-state index is 0.795. The molecule has 0 spiro atoms. The van der Waals surface area contributed by atoms with Crippen molar-refractivity contribution in [3.63, 3.8) is 0 Å². The van der Waals surface area contributed by atoms with Crippen molar-refractivity contribution in [2.24, 2.45) is 0 Å². The number of rotatable bonds is 1. The second-order valence-corrected chi connectivity index (χ2v) is 4.83. The van der Waals surface area contributed by atoms with Crippen LogP contribution in [0.5, 0.6) is 0 Å². The molecule has 3 aromatic rings. The van der Waals surface area contributed by atoms with Crippen molar-refractivity contribution in [2.45, 2.75) is 0 Å². The Morgan fingerprint density at radius 3 is 2.75 bits per heavy atom. The van der Waals surface area contributed by atoms with Crippen LogP contribution in [0.4, 0.5) is 0 Å². The number of benzene rings is 1. The van der Waals surface area contributed by atoms with E-state index in [1.807, 2.05) is 36.0 Å². The van der Waals surface area contributed by atoms with Crippen LogP contribution in [-0.4, -0.2) is 4.98 Å². The lowest BCUT2D eigenvalue weighted by molar-refractivity contribution is 1.37. The third kappa shape index (κ3) is 1.51. The van der Waals surface area contributed by atoms with Gasteiger partial charge in [-0.1, -0.05) is 35.9 Å². The van der Waals surface area contributed by atoms with Crippen LogP contribution in [0.15, 0.2) is 48.1 Å². The predicted octanol–water partition coefficient (Wildman–Crippen LogP) is 4.62. The lowest BCUT2D eigenvalue weighted by Crippen LogP contribution is -1.81. The van der Waals surface area contributed by atoms with Gasteiger partial charge in [0.25, 0.3) is 0 Å². The van der Waals surface area contributed by atoms with Gasteiger partial charge in [0.1, 0.15) is 0 Å². The average molecular weight is 246 g/mol. The normalized spacial score (nSPS) is 10.8. The molecule has 16 heavy (non-hydrogen) atoms. The summed E-state index contributed by atoms with van der Waals surface area (Å²) in [6.45, 7) is 0. The summed E-state index contributed by atoms with van der Waals surface area (Å²) in [5, 5.41) is 5.13. The van der Waals surface area contributed by atoms with Crippen molar-refractivity contribution in [3.8, 4) is 10.4 Å². The fourth-order valence-electron chi connectivity index (χ4n) is 1.78. The molecule has 0 fully saturated rings. The molecule has 2 aromatic heterocycles. The van der Waals surface area contributed by atoms with Gasteiger partial charge in [-0.2, -0.15) is 0 Å². The van der Waals surface area contributed by atoms with Gasteiger partial charge in [0.05, 0.1) is 9.90 Å². The second-order valence-electron chi connectivity index (χ2n) is 3.51. The number of pyridine rings is 1. The molecule has 0 aliphatic rings. The van der Waals surface area contributed by atoms with Crippen LogP contribution in [0.2, 0.25) is 5.02 Å². The van der Waals surface area contributed by atoms with Gasteiger partial charge in [0, 0.05) is 23.3 Å². The molecule has 0 atom stereocenters. The fraction of sp³-hybridized carbons (Fsp3) is 0. The van der Waals surface area contributed by atoms with E-state index in [0.29, 0.717) is 0 Å². The third-order valence-corrected chi connectivity index (χ3v) is 3.90. The van der Waals surface area contributed by atoms with Crippen LogP contribution in [0.1, 0.15) is 0 Å². The molecule has 0 unspecified atom stereocenters. The van der Waals surface area contributed by atoms with Crippen LogP contribution in [-0.2, 0) is 0 Å².